The van der Waals surface area contributed by atoms with E-state index >= 15 is 0 Å². The molecule has 0 saturated carbocycles. The second kappa shape index (κ2) is 11.1. The van der Waals surface area contributed by atoms with Gasteiger partial charge in [-0.25, -0.2) is 4.98 Å². The van der Waals surface area contributed by atoms with Crippen molar-refractivity contribution in [2.75, 3.05) is 4.90 Å². The molecule has 0 spiro atoms. The maximum Gasteiger partial charge on any atom is 0.238 e. The number of hydrogen-bond donors (Lipinski definition) is 0. The number of rotatable bonds is 5. The van der Waals surface area contributed by atoms with Crippen molar-refractivity contribution in [3.05, 3.63) is 158 Å². The normalized spacial score (nSPS) is 11.8. The van der Waals surface area contributed by atoms with Crippen molar-refractivity contribution in [1.82, 2.24) is 15.0 Å². The van der Waals surface area contributed by atoms with E-state index in [-0.39, 0.29) is 0 Å². The Labute approximate surface area is 296 Å². The van der Waals surface area contributed by atoms with E-state index in [4.69, 9.17) is 28.2 Å². The fraction of sp³-hybridized carbons (Fsp3) is 0. The van der Waals surface area contributed by atoms with Gasteiger partial charge in [0, 0.05) is 38.1 Å². The molecule has 7 heteroatoms. The van der Waals surface area contributed by atoms with E-state index in [0.717, 1.165) is 88.3 Å². The molecule has 244 valence electrons. The van der Waals surface area contributed by atoms with E-state index in [0.29, 0.717) is 17.6 Å². The van der Waals surface area contributed by atoms with E-state index in [2.05, 4.69) is 47.4 Å². The third kappa shape index (κ3) is 4.43. The molecule has 0 radical (unpaired) electrons. The van der Waals surface area contributed by atoms with Crippen molar-refractivity contribution < 1.29 is 13.3 Å². The summed E-state index contributed by atoms with van der Waals surface area (Å²) in [5, 5.41) is 6.04. The molecule has 52 heavy (non-hydrogen) atoms. The van der Waals surface area contributed by atoms with Gasteiger partial charge in [0.05, 0.1) is 16.8 Å². The molecule has 11 aromatic rings. The Morgan fingerprint density at radius 3 is 1.63 bits per heavy atom. The average molecular weight is 671 g/mol. The molecular weight excluding hydrogens is 645 g/mol. The first-order chi connectivity index (χ1) is 25.7. The van der Waals surface area contributed by atoms with Gasteiger partial charge in [-0.1, -0.05) is 91.0 Å². The Morgan fingerprint density at radius 2 is 0.904 bits per heavy atom. The number of aromatic nitrogens is 3. The van der Waals surface area contributed by atoms with Gasteiger partial charge in [0.1, 0.15) is 33.5 Å². The molecule has 4 heterocycles. The van der Waals surface area contributed by atoms with Gasteiger partial charge in [0.2, 0.25) is 5.95 Å². The Kier molecular flexibility index (Phi) is 6.12. The molecule has 0 fully saturated rings. The van der Waals surface area contributed by atoms with Gasteiger partial charge >= 0.3 is 0 Å². The summed E-state index contributed by atoms with van der Waals surface area (Å²) in [5.41, 5.74) is 8.34. The van der Waals surface area contributed by atoms with Crippen molar-refractivity contribution in [2.24, 2.45) is 0 Å². The molecule has 0 atom stereocenters. The Bertz CT molecular complexity index is 3160. The fourth-order valence-corrected chi connectivity index (χ4v) is 7.33. The van der Waals surface area contributed by atoms with Crippen LogP contribution in [0.2, 0.25) is 0 Å². The third-order valence-corrected chi connectivity index (χ3v) is 9.73. The molecule has 0 saturated heterocycles. The summed E-state index contributed by atoms with van der Waals surface area (Å²) in [7, 11) is 0. The summed E-state index contributed by atoms with van der Waals surface area (Å²) in [5.74, 6) is 1.56. The molecule has 11 rings (SSSR count). The second-order valence-electron chi connectivity index (χ2n) is 12.8. The zero-order valence-corrected chi connectivity index (χ0v) is 27.5. The molecule has 0 N–H and O–H groups in total. The van der Waals surface area contributed by atoms with Gasteiger partial charge in [-0.05, 0) is 66.7 Å². The van der Waals surface area contributed by atoms with Crippen molar-refractivity contribution >= 4 is 83.1 Å². The molecule has 0 unspecified atom stereocenters. The molecule has 0 aliphatic rings. The number of nitrogens with zero attached hydrogens (tertiary/aromatic N) is 4. The minimum absolute atomic E-state index is 0.464. The number of fused-ring (bicyclic) bond motifs is 9. The van der Waals surface area contributed by atoms with Gasteiger partial charge in [0.15, 0.2) is 11.6 Å². The number of benzene rings is 7. The smallest absolute Gasteiger partial charge is 0.238 e. The lowest BCUT2D eigenvalue weighted by Crippen LogP contribution is -2.15. The lowest BCUT2D eigenvalue weighted by molar-refractivity contribution is 0.668. The zero-order valence-electron chi connectivity index (χ0n) is 27.5. The minimum atomic E-state index is 0.464. The average Bonchev–Trinajstić information content (AvgIpc) is 3.89. The van der Waals surface area contributed by atoms with Crippen molar-refractivity contribution in [3.63, 3.8) is 0 Å². The van der Waals surface area contributed by atoms with Crippen LogP contribution in [0.25, 0.3) is 88.6 Å². The summed E-state index contributed by atoms with van der Waals surface area (Å²) in [6.45, 7) is 0. The maximum absolute atomic E-state index is 6.38. The monoisotopic (exact) mass is 670 g/mol. The number of anilines is 3. The molecule has 7 nitrogen and oxygen atoms in total. The molecule has 7 aromatic carbocycles. The molecule has 0 bridgehead atoms. The topological polar surface area (TPSA) is 81.3 Å². The predicted molar refractivity (Wildman–Crippen MR) is 207 cm³/mol. The Hall–Kier alpha value is -7.25. The van der Waals surface area contributed by atoms with Crippen molar-refractivity contribution in [3.8, 4) is 22.8 Å². The first-order valence-corrected chi connectivity index (χ1v) is 17.1. The van der Waals surface area contributed by atoms with E-state index in [1.54, 1.807) is 0 Å². The number of hydrogen-bond acceptors (Lipinski definition) is 7. The summed E-state index contributed by atoms with van der Waals surface area (Å²) in [4.78, 5) is 17.7. The highest BCUT2D eigenvalue weighted by molar-refractivity contribution is 6.14. The van der Waals surface area contributed by atoms with Crippen molar-refractivity contribution in [2.45, 2.75) is 0 Å². The lowest BCUT2D eigenvalue weighted by atomic mass is 10.1. The van der Waals surface area contributed by atoms with Crippen LogP contribution >= 0.6 is 0 Å². The van der Waals surface area contributed by atoms with Crippen LogP contribution in [0.15, 0.2) is 171 Å². The van der Waals surface area contributed by atoms with Crippen LogP contribution in [-0.2, 0) is 0 Å². The maximum atomic E-state index is 6.38. The summed E-state index contributed by atoms with van der Waals surface area (Å²) >= 11 is 0. The quantitative estimate of drug-likeness (QED) is 0.180. The van der Waals surface area contributed by atoms with E-state index in [1.807, 2.05) is 115 Å². The highest BCUT2D eigenvalue weighted by atomic mass is 16.3. The standard InChI is InChI=1S/C45H26N4O3/c1-2-11-27(12-3-1)43-46-44(28-21-23-39-33(25-28)30-13-4-7-17-36(30)50-39)48-45(47-43)49(29-22-24-40-34(26-29)31-14-5-8-18-37(31)51-40)35-16-10-20-41-42(35)32-15-6-9-19-38(32)52-41/h1-26H. The zero-order chi connectivity index (χ0) is 34.2. The fourth-order valence-electron chi connectivity index (χ4n) is 7.33. The van der Waals surface area contributed by atoms with Gasteiger partial charge < -0.3 is 13.3 Å². The molecule has 0 amide bonds. The lowest BCUT2D eigenvalue weighted by Gasteiger charge is -2.25. The summed E-state index contributed by atoms with van der Waals surface area (Å²) in [6, 6.07) is 52.8. The van der Waals surface area contributed by atoms with E-state index in [1.165, 1.54) is 0 Å². The van der Waals surface area contributed by atoms with Crippen molar-refractivity contribution in [1.29, 1.82) is 0 Å². The van der Waals surface area contributed by atoms with Crippen LogP contribution in [-0.4, -0.2) is 15.0 Å². The van der Waals surface area contributed by atoms with Crippen LogP contribution in [0.4, 0.5) is 17.3 Å². The first-order valence-electron chi connectivity index (χ1n) is 17.1. The highest BCUT2D eigenvalue weighted by Crippen LogP contribution is 2.44. The van der Waals surface area contributed by atoms with Crippen LogP contribution in [0.3, 0.4) is 0 Å². The highest BCUT2D eigenvalue weighted by Gasteiger charge is 2.24. The molecular formula is C45H26N4O3. The summed E-state index contributed by atoms with van der Waals surface area (Å²) in [6.07, 6.45) is 0. The van der Waals surface area contributed by atoms with E-state index < -0.39 is 0 Å². The van der Waals surface area contributed by atoms with Crippen LogP contribution in [0.1, 0.15) is 0 Å². The van der Waals surface area contributed by atoms with E-state index in [9.17, 15) is 0 Å². The molecule has 0 aliphatic heterocycles. The Balaban J connectivity index is 1.21. The van der Waals surface area contributed by atoms with Gasteiger partial charge in [0.25, 0.3) is 0 Å². The van der Waals surface area contributed by atoms with Gasteiger partial charge in [-0.3, -0.25) is 4.90 Å². The SMILES string of the molecule is c1ccc(-c2nc(-c3ccc4oc5ccccc5c4c3)nc(N(c3ccc4oc5ccccc5c4c3)c3cccc4oc5ccccc5c34)n2)cc1. The molecule has 4 aromatic heterocycles. The van der Waals surface area contributed by atoms with Crippen LogP contribution in [0, 0.1) is 0 Å². The van der Waals surface area contributed by atoms with Gasteiger partial charge in [-0.2, -0.15) is 9.97 Å². The predicted octanol–water partition coefficient (Wildman–Crippen LogP) is 12.4. The minimum Gasteiger partial charge on any atom is -0.456 e. The van der Waals surface area contributed by atoms with Crippen LogP contribution in [0.5, 0.6) is 0 Å². The summed E-state index contributed by atoms with van der Waals surface area (Å²) < 4.78 is 18.8. The number of para-hydroxylation sites is 3. The van der Waals surface area contributed by atoms with Gasteiger partial charge in [-0.15, -0.1) is 0 Å². The second-order valence-corrected chi connectivity index (χ2v) is 12.8. The largest absolute Gasteiger partial charge is 0.456 e. The molecule has 0 aliphatic carbocycles. The first kappa shape index (κ1) is 28.6. The Morgan fingerprint density at radius 1 is 0.365 bits per heavy atom. The third-order valence-electron chi connectivity index (χ3n) is 9.73. The number of furan rings is 3. The van der Waals surface area contributed by atoms with Crippen LogP contribution < -0.4 is 4.90 Å².